The monoisotopic (exact) mass is 282 g/mol. The number of aliphatic hydroxyl groups is 2. The smallest absolute Gasteiger partial charge is 0.344 e. The molecule has 2 saturated heterocycles. The normalized spacial score (nSPS) is 35.8. The van der Waals surface area contributed by atoms with Gasteiger partial charge in [0.15, 0.2) is 6.10 Å². The SMILES string of the molecule is O=C(O[C@@]1(O)CO[C@@H]2[C@H](O)CO[C@@H]21)c1ccccc1O. The summed E-state index contributed by atoms with van der Waals surface area (Å²) in [5, 5.41) is 29.5. The van der Waals surface area contributed by atoms with Gasteiger partial charge in [0.1, 0.15) is 30.1 Å². The van der Waals surface area contributed by atoms with E-state index in [-0.39, 0.29) is 24.5 Å². The summed E-state index contributed by atoms with van der Waals surface area (Å²) in [5.41, 5.74) is -0.0667. The maximum absolute atomic E-state index is 12.0. The number of phenolic OH excluding ortho intramolecular Hbond substituents is 1. The number of para-hydroxylation sites is 1. The molecule has 0 spiro atoms. The maximum atomic E-state index is 12.0. The van der Waals surface area contributed by atoms with E-state index in [9.17, 15) is 20.1 Å². The number of aromatic hydroxyl groups is 1. The molecule has 0 amide bonds. The minimum absolute atomic E-state index is 0.00573. The lowest BCUT2D eigenvalue weighted by atomic mass is 10.1. The van der Waals surface area contributed by atoms with Crippen molar-refractivity contribution >= 4 is 5.97 Å². The van der Waals surface area contributed by atoms with Crippen molar-refractivity contribution in [2.75, 3.05) is 13.2 Å². The first-order valence-electron chi connectivity index (χ1n) is 6.16. The van der Waals surface area contributed by atoms with Gasteiger partial charge in [-0.05, 0) is 12.1 Å². The van der Waals surface area contributed by atoms with Crippen molar-refractivity contribution in [3.63, 3.8) is 0 Å². The third-order valence-corrected chi connectivity index (χ3v) is 3.44. The maximum Gasteiger partial charge on any atom is 0.344 e. The molecule has 0 bridgehead atoms. The Kier molecular flexibility index (Phi) is 3.14. The Morgan fingerprint density at radius 3 is 2.85 bits per heavy atom. The number of carbonyl (C=O) groups excluding carboxylic acids is 1. The summed E-state index contributed by atoms with van der Waals surface area (Å²) in [7, 11) is 0. The molecule has 0 aromatic heterocycles. The van der Waals surface area contributed by atoms with E-state index in [0.717, 1.165) is 0 Å². The molecule has 2 aliphatic rings. The van der Waals surface area contributed by atoms with Crippen LogP contribution in [0.25, 0.3) is 0 Å². The van der Waals surface area contributed by atoms with Gasteiger partial charge in [-0.3, -0.25) is 0 Å². The number of hydrogen-bond acceptors (Lipinski definition) is 7. The molecule has 7 heteroatoms. The Labute approximate surface area is 114 Å². The Bertz CT molecular complexity index is 531. The van der Waals surface area contributed by atoms with E-state index in [1.807, 2.05) is 0 Å². The Morgan fingerprint density at radius 2 is 2.10 bits per heavy atom. The summed E-state index contributed by atoms with van der Waals surface area (Å²) < 4.78 is 15.4. The number of esters is 1. The largest absolute Gasteiger partial charge is 0.507 e. The lowest BCUT2D eigenvalue weighted by Crippen LogP contribution is -2.47. The fourth-order valence-corrected chi connectivity index (χ4v) is 2.43. The van der Waals surface area contributed by atoms with Gasteiger partial charge in [-0.1, -0.05) is 12.1 Å². The number of phenols is 1. The van der Waals surface area contributed by atoms with Gasteiger partial charge in [0.05, 0.1) is 6.61 Å². The van der Waals surface area contributed by atoms with E-state index in [4.69, 9.17) is 14.2 Å². The van der Waals surface area contributed by atoms with Gasteiger partial charge in [-0.25, -0.2) is 4.79 Å². The van der Waals surface area contributed by atoms with Crippen LogP contribution in [0.15, 0.2) is 24.3 Å². The van der Waals surface area contributed by atoms with Crippen LogP contribution in [0.3, 0.4) is 0 Å². The van der Waals surface area contributed by atoms with Gasteiger partial charge in [-0.2, -0.15) is 0 Å². The summed E-state index contributed by atoms with van der Waals surface area (Å²) in [4.78, 5) is 12.0. The molecule has 1 aromatic carbocycles. The zero-order chi connectivity index (χ0) is 14.3. The van der Waals surface area contributed by atoms with Crippen molar-refractivity contribution in [3.8, 4) is 5.75 Å². The number of ether oxygens (including phenoxy) is 3. The standard InChI is InChI=1S/C13H14O7/c14-8-4-2-1-3-7(8)12(16)20-13(17)6-19-10-9(15)5-18-11(10)13/h1-4,9-11,14-15,17H,5-6H2/t9-,10-,11+,13+/m1/s1. The Hall–Kier alpha value is -1.67. The first kappa shape index (κ1) is 13.3. The lowest BCUT2D eigenvalue weighted by Gasteiger charge is -2.26. The van der Waals surface area contributed by atoms with Gasteiger partial charge in [0.25, 0.3) is 5.79 Å². The Morgan fingerprint density at radius 1 is 1.35 bits per heavy atom. The van der Waals surface area contributed by atoms with Crippen molar-refractivity contribution in [1.82, 2.24) is 0 Å². The number of aliphatic hydroxyl groups excluding tert-OH is 1. The second-order valence-electron chi connectivity index (χ2n) is 4.85. The predicted molar refractivity (Wildman–Crippen MR) is 64.0 cm³/mol. The van der Waals surface area contributed by atoms with Crippen LogP contribution in [0.2, 0.25) is 0 Å². The third kappa shape index (κ3) is 2.04. The van der Waals surface area contributed by atoms with Crippen LogP contribution >= 0.6 is 0 Å². The minimum Gasteiger partial charge on any atom is -0.507 e. The highest BCUT2D eigenvalue weighted by Crippen LogP contribution is 2.36. The van der Waals surface area contributed by atoms with E-state index in [1.54, 1.807) is 12.1 Å². The second-order valence-corrected chi connectivity index (χ2v) is 4.85. The topological polar surface area (TPSA) is 105 Å². The van der Waals surface area contributed by atoms with Crippen LogP contribution in [0.5, 0.6) is 5.75 Å². The summed E-state index contributed by atoms with van der Waals surface area (Å²) >= 11 is 0. The molecule has 0 radical (unpaired) electrons. The first-order chi connectivity index (χ1) is 9.51. The van der Waals surface area contributed by atoms with E-state index < -0.39 is 30.1 Å². The van der Waals surface area contributed by atoms with Gasteiger partial charge >= 0.3 is 5.97 Å². The third-order valence-electron chi connectivity index (χ3n) is 3.44. The minimum atomic E-state index is -1.97. The molecule has 20 heavy (non-hydrogen) atoms. The first-order valence-corrected chi connectivity index (χ1v) is 6.16. The summed E-state index contributed by atoms with van der Waals surface area (Å²) in [6.45, 7) is -0.287. The van der Waals surface area contributed by atoms with Crippen molar-refractivity contribution < 1.29 is 34.3 Å². The molecule has 0 aliphatic carbocycles. The molecule has 3 N–H and O–H groups in total. The van der Waals surface area contributed by atoms with Crippen LogP contribution in [0.1, 0.15) is 10.4 Å². The van der Waals surface area contributed by atoms with Gasteiger partial charge in [0, 0.05) is 0 Å². The molecule has 2 heterocycles. The van der Waals surface area contributed by atoms with E-state index in [2.05, 4.69) is 0 Å². The molecule has 108 valence electrons. The molecular weight excluding hydrogens is 268 g/mol. The number of benzene rings is 1. The van der Waals surface area contributed by atoms with E-state index >= 15 is 0 Å². The fraction of sp³-hybridized carbons (Fsp3) is 0.462. The highest BCUT2D eigenvalue weighted by molar-refractivity contribution is 5.92. The van der Waals surface area contributed by atoms with E-state index in [0.29, 0.717) is 0 Å². The Balaban J connectivity index is 1.78. The average Bonchev–Trinajstić information content (AvgIpc) is 2.93. The highest BCUT2D eigenvalue weighted by atomic mass is 16.7. The average molecular weight is 282 g/mol. The summed E-state index contributed by atoms with van der Waals surface area (Å²) in [5.74, 6) is -3.11. The molecule has 1 aromatic rings. The van der Waals surface area contributed by atoms with Crippen LogP contribution in [0, 0.1) is 0 Å². The summed E-state index contributed by atoms with van der Waals surface area (Å²) in [6.07, 6.45) is -2.53. The predicted octanol–water partition coefficient (Wildman–Crippen LogP) is -0.604. The number of fused-ring (bicyclic) bond motifs is 1. The zero-order valence-corrected chi connectivity index (χ0v) is 10.4. The van der Waals surface area contributed by atoms with Crippen LogP contribution in [-0.4, -0.2) is 58.6 Å². The highest BCUT2D eigenvalue weighted by Gasteiger charge is 2.58. The molecule has 3 rings (SSSR count). The van der Waals surface area contributed by atoms with Gasteiger partial charge in [-0.15, -0.1) is 0 Å². The number of hydrogen-bond donors (Lipinski definition) is 3. The quantitative estimate of drug-likeness (QED) is 0.491. The molecule has 2 fully saturated rings. The second kappa shape index (κ2) is 4.71. The molecule has 4 atom stereocenters. The molecule has 2 aliphatic heterocycles. The van der Waals surface area contributed by atoms with Crippen molar-refractivity contribution in [2.45, 2.75) is 24.1 Å². The summed E-state index contributed by atoms with van der Waals surface area (Å²) in [6, 6.07) is 5.83. The lowest BCUT2D eigenvalue weighted by molar-refractivity contribution is -0.211. The fourth-order valence-electron chi connectivity index (χ4n) is 2.43. The van der Waals surface area contributed by atoms with Crippen molar-refractivity contribution in [2.24, 2.45) is 0 Å². The van der Waals surface area contributed by atoms with Crippen LogP contribution in [-0.2, 0) is 14.2 Å². The number of rotatable bonds is 2. The molecule has 0 saturated carbocycles. The van der Waals surface area contributed by atoms with E-state index in [1.165, 1.54) is 12.1 Å². The molecule has 0 unspecified atom stereocenters. The molecule has 7 nitrogen and oxygen atoms in total. The van der Waals surface area contributed by atoms with Crippen molar-refractivity contribution in [1.29, 1.82) is 0 Å². The molecular formula is C13H14O7. The van der Waals surface area contributed by atoms with Crippen LogP contribution in [0.4, 0.5) is 0 Å². The number of carbonyl (C=O) groups is 1. The van der Waals surface area contributed by atoms with Crippen LogP contribution < -0.4 is 0 Å². The van der Waals surface area contributed by atoms with Gasteiger partial charge in [0.2, 0.25) is 0 Å². The van der Waals surface area contributed by atoms with Gasteiger partial charge < -0.3 is 29.5 Å². The zero-order valence-electron chi connectivity index (χ0n) is 10.4. The van der Waals surface area contributed by atoms with Crippen molar-refractivity contribution in [3.05, 3.63) is 29.8 Å².